The van der Waals surface area contributed by atoms with Crippen LogP contribution in [0.3, 0.4) is 0 Å². The van der Waals surface area contributed by atoms with Crippen molar-refractivity contribution in [2.75, 3.05) is 0 Å². The average molecular weight is 553 g/mol. The van der Waals surface area contributed by atoms with Gasteiger partial charge in [-0.25, -0.2) is 0 Å². The third-order valence-electron chi connectivity index (χ3n) is 9.92. The molecule has 1 saturated carbocycles. The monoisotopic (exact) mass is 552 g/mol. The smallest absolute Gasteiger partial charge is 0.201 e. The number of aliphatic hydroxyl groups is 1. The van der Waals surface area contributed by atoms with E-state index < -0.39 is 39.3 Å². The first-order chi connectivity index (χ1) is 18.4. The summed E-state index contributed by atoms with van der Waals surface area (Å²) in [5.74, 6) is -4.13. The number of hydrogen-bond donors (Lipinski definition) is 1. The number of carbonyl (C=O) groups excluding carboxylic acids is 3. The first-order valence-corrected chi connectivity index (χ1v) is 15.0. The molecule has 1 aliphatic carbocycles. The minimum absolute atomic E-state index is 0.0295. The van der Waals surface area contributed by atoms with E-state index in [2.05, 4.69) is 12.2 Å². The maximum atomic E-state index is 15.1. The first-order valence-electron chi connectivity index (χ1n) is 15.0. The second-order valence-corrected chi connectivity index (χ2v) is 14.2. The van der Waals surface area contributed by atoms with Crippen LogP contribution in [0.2, 0.25) is 0 Å². The van der Waals surface area contributed by atoms with Gasteiger partial charge in [-0.1, -0.05) is 67.4 Å². The van der Waals surface area contributed by atoms with Crippen molar-refractivity contribution in [1.82, 2.24) is 0 Å². The topological polar surface area (TPSA) is 80.7 Å². The van der Waals surface area contributed by atoms with E-state index in [1.165, 1.54) is 0 Å². The fraction of sp³-hybridized carbons (Fsp3) is 0.686. The van der Waals surface area contributed by atoms with Crippen LogP contribution in [0.5, 0.6) is 0 Å². The Morgan fingerprint density at radius 3 is 1.90 bits per heavy atom. The van der Waals surface area contributed by atoms with Crippen molar-refractivity contribution in [2.45, 2.75) is 126 Å². The molecule has 1 unspecified atom stereocenters. The van der Waals surface area contributed by atoms with Crippen LogP contribution in [0, 0.1) is 28.1 Å². The standard InChI is InChI=1S/C35H52O5/c1-22(2)13-12-18-31(11)27(15-14-23(3)4)21-32(19-16-24(5)6)29(37)33(20-17-25(7)8)30(38)34(31,28(36)26(9)10)35(32,39)40-33/h13-14,16-17,26-27,39H,12,15,18-21H2,1-11H3/t27?,31-,32-,33-,34-,35+/m1/s1. The zero-order valence-electron chi connectivity index (χ0n) is 26.8. The highest BCUT2D eigenvalue weighted by molar-refractivity contribution is 6.28. The van der Waals surface area contributed by atoms with Gasteiger partial charge in [0.25, 0.3) is 0 Å². The number of Topliss-reactive ketones (excluding diaryl/α,β-unsaturated/α-hetero) is 3. The average Bonchev–Trinajstić information content (AvgIpc) is 3.17. The molecular weight excluding hydrogens is 500 g/mol. The molecule has 3 fully saturated rings. The molecule has 0 aromatic carbocycles. The Balaban J connectivity index is 2.48. The molecule has 3 aliphatic rings. The molecule has 0 aromatic heterocycles. The van der Waals surface area contributed by atoms with E-state index in [1.54, 1.807) is 13.8 Å². The van der Waals surface area contributed by atoms with Gasteiger partial charge in [0.1, 0.15) is 0 Å². The van der Waals surface area contributed by atoms with Gasteiger partial charge in [0.2, 0.25) is 5.79 Å². The lowest BCUT2D eigenvalue weighted by Gasteiger charge is -2.64. The van der Waals surface area contributed by atoms with E-state index in [4.69, 9.17) is 4.74 Å². The summed E-state index contributed by atoms with van der Waals surface area (Å²) < 4.78 is 6.53. The zero-order valence-corrected chi connectivity index (χ0v) is 26.8. The summed E-state index contributed by atoms with van der Waals surface area (Å²) in [5, 5.41) is 13.0. The van der Waals surface area contributed by atoms with E-state index in [1.807, 2.05) is 74.5 Å². The van der Waals surface area contributed by atoms with Crippen LogP contribution in [-0.2, 0) is 19.1 Å². The largest absolute Gasteiger partial charge is 0.363 e. The Labute approximate surface area is 242 Å². The maximum absolute atomic E-state index is 15.1. The molecule has 2 saturated heterocycles. The van der Waals surface area contributed by atoms with Gasteiger partial charge in [0.05, 0.1) is 5.41 Å². The molecule has 5 heteroatoms. The van der Waals surface area contributed by atoms with Gasteiger partial charge < -0.3 is 9.84 Å². The molecule has 2 aliphatic heterocycles. The molecule has 2 heterocycles. The normalized spacial score (nSPS) is 36.0. The molecule has 6 atom stereocenters. The van der Waals surface area contributed by atoms with Gasteiger partial charge in [0.15, 0.2) is 28.4 Å². The number of ketones is 3. The summed E-state index contributed by atoms with van der Waals surface area (Å²) in [6.45, 7) is 21.5. The number of rotatable bonds is 11. The quantitative estimate of drug-likeness (QED) is 0.210. The summed E-state index contributed by atoms with van der Waals surface area (Å²) >= 11 is 0. The van der Waals surface area contributed by atoms with Gasteiger partial charge in [-0.3, -0.25) is 14.4 Å². The van der Waals surface area contributed by atoms with Crippen molar-refractivity contribution in [3.8, 4) is 0 Å². The Morgan fingerprint density at radius 1 is 0.875 bits per heavy atom. The summed E-state index contributed by atoms with van der Waals surface area (Å²) in [6.07, 6.45) is 10.5. The van der Waals surface area contributed by atoms with Crippen LogP contribution in [0.25, 0.3) is 0 Å². The second-order valence-electron chi connectivity index (χ2n) is 14.2. The van der Waals surface area contributed by atoms with Crippen LogP contribution in [-0.4, -0.2) is 33.8 Å². The van der Waals surface area contributed by atoms with E-state index in [9.17, 15) is 14.7 Å². The molecule has 3 rings (SSSR count). The highest BCUT2D eigenvalue weighted by Crippen LogP contribution is 2.78. The van der Waals surface area contributed by atoms with Crippen LogP contribution >= 0.6 is 0 Å². The van der Waals surface area contributed by atoms with Crippen molar-refractivity contribution < 1.29 is 24.2 Å². The molecule has 0 amide bonds. The molecule has 0 spiro atoms. The molecule has 1 N–H and O–H groups in total. The van der Waals surface area contributed by atoms with Crippen molar-refractivity contribution >= 4 is 17.3 Å². The summed E-state index contributed by atoms with van der Waals surface area (Å²) in [7, 11) is 0. The predicted molar refractivity (Wildman–Crippen MR) is 161 cm³/mol. The minimum atomic E-state index is -2.22. The number of hydrogen-bond acceptors (Lipinski definition) is 5. The fourth-order valence-electron chi connectivity index (χ4n) is 7.84. The van der Waals surface area contributed by atoms with Gasteiger partial charge in [-0.05, 0) is 98.8 Å². The predicted octanol–water partition coefficient (Wildman–Crippen LogP) is 7.64. The highest BCUT2D eigenvalue weighted by Gasteiger charge is 2.94. The van der Waals surface area contributed by atoms with Crippen LogP contribution < -0.4 is 0 Å². The number of fused-ring (bicyclic) bond motifs is 1. The number of ether oxygens (including phenoxy) is 1. The van der Waals surface area contributed by atoms with Crippen LogP contribution in [0.15, 0.2) is 46.6 Å². The molecule has 0 radical (unpaired) electrons. The zero-order chi connectivity index (χ0) is 30.5. The Hall–Kier alpha value is -2.11. The van der Waals surface area contributed by atoms with Crippen LogP contribution in [0.4, 0.5) is 0 Å². The highest BCUT2D eigenvalue weighted by atomic mass is 16.7. The first kappa shape index (κ1) is 32.4. The third kappa shape index (κ3) is 4.38. The van der Waals surface area contributed by atoms with Crippen molar-refractivity contribution in [2.24, 2.45) is 28.1 Å². The molecule has 222 valence electrons. The lowest BCUT2D eigenvalue weighted by atomic mass is 9.35. The summed E-state index contributed by atoms with van der Waals surface area (Å²) in [4.78, 5) is 44.5. The Bertz CT molecular complexity index is 1180. The molecule has 5 nitrogen and oxygen atoms in total. The van der Waals surface area contributed by atoms with Gasteiger partial charge in [-0.15, -0.1) is 0 Å². The SMILES string of the molecule is CC(C)=CCC[C@]1(C)C(CC=C(C)C)C[C@]2(CC=C(C)C)C(=O)[C@@]3(CC=C(C)C)O[C@]2(O)[C@]1(C(=O)C(C)C)C3=O. The van der Waals surface area contributed by atoms with E-state index in [0.717, 1.165) is 22.3 Å². The van der Waals surface area contributed by atoms with Crippen LogP contribution in [0.1, 0.15) is 115 Å². The number of allylic oxidation sites excluding steroid dienone is 7. The van der Waals surface area contributed by atoms with E-state index >= 15 is 4.79 Å². The molecule has 40 heavy (non-hydrogen) atoms. The van der Waals surface area contributed by atoms with Gasteiger partial charge in [-0.2, -0.15) is 0 Å². The summed E-state index contributed by atoms with van der Waals surface area (Å²) in [5.41, 5.74) is -1.80. The summed E-state index contributed by atoms with van der Waals surface area (Å²) in [6, 6.07) is 0. The minimum Gasteiger partial charge on any atom is -0.363 e. The molecular formula is C35H52O5. The lowest BCUT2D eigenvalue weighted by molar-refractivity contribution is -0.317. The second kappa shape index (κ2) is 10.9. The Kier molecular flexibility index (Phi) is 8.87. The molecule has 2 bridgehead atoms. The maximum Gasteiger partial charge on any atom is 0.201 e. The molecule has 0 aromatic rings. The number of carbonyl (C=O) groups is 3. The van der Waals surface area contributed by atoms with E-state index in [-0.39, 0.29) is 30.3 Å². The van der Waals surface area contributed by atoms with Crippen molar-refractivity contribution in [3.63, 3.8) is 0 Å². The van der Waals surface area contributed by atoms with Crippen molar-refractivity contribution in [3.05, 3.63) is 46.6 Å². The van der Waals surface area contributed by atoms with Gasteiger partial charge in [0, 0.05) is 12.3 Å². The Morgan fingerprint density at radius 2 is 1.40 bits per heavy atom. The van der Waals surface area contributed by atoms with Crippen molar-refractivity contribution in [1.29, 1.82) is 0 Å². The van der Waals surface area contributed by atoms with E-state index in [0.29, 0.717) is 25.7 Å². The lowest BCUT2D eigenvalue weighted by Crippen LogP contribution is -2.78. The van der Waals surface area contributed by atoms with Gasteiger partial charge >= 0.3 is 0 Å². The third-order valence-corrected chi connectivity index (χ3v) is 9.92. The fourth-order valence-corrected chi connectivity index (χ4v) is 7.84.